The van der Waals surface area contributed by atoms with Gasteiger partial charge in [0.2, 0.25) is 0 Å². The summed E-state index contributed by atoms with van der Waals surface area (Å²) < 4.78 is 10.6. The predicted octanol–water partition coefficient (Wildman–Crippen LogP) is 3.99. The van der Waals surface area contributed by atoms with Gasteiger partial charge in [-0.2, -0.15) is 0 Å². The number of aromatic nitrogens is 2. The van der Waals surface area contributed by atoms with Gasteiger partial charge in [-0.3, -0.25) is 9.78 Å². The Balaban J connectivity index is 1.64. The topological polar surface area (TPSA) is 76.2 Å². The van der Waals surface area contributed by atoms with Gasteiger partial charge in [0.15, 0.2) is 11.5 Å². The summed E-state index contributed by atoms with van der Waals surface area (Å²) in [4.78, 5) is 20.1. The van der Waals surface area contributed by atoms with Crippen molar-refractivity contribution in [3.63, 3.8) is 0 Å². The molecule has 26 heavy (non-hydrogen) atoms. The molecule has 0 aliphatic carbocycles. The quantitative estimate of drug-likeness (QED) is 0.585. The Morgan fingerprint density at radius 3 is 2.58 bits per heavy atom. The Bertz CT molecular complexity index is 1080. The van der Waals surface area contributed by atoms with Gasteiger partial charge in [-0.25, -0.2) is 0 Å². The number of para-hydroxylation sites is 1. The normalized spacial score (nSPS) is 10.8. The monoisotopic (exact) mass is 347 g/mol. The maximum atomic E-state index is 12.6. The second-order valence-electron chi connectivity index (χ2n) is 5.85. The summed E-state index contributed by atoms with van der Waals surface area (Å²) in [6.07, 6.45) is 1.65. The fourth-order valence-electron chi connectivity index (χ4n) is 2.92. The van der Waals surface area contributed by atoms with Gasteiger partial charge < -0.3 is 19.8 Å². The first-order valence-corrected chi connectivity index (χ1v) is 8.09. The van der Waals surface area contributed by atoms with E-state index in [2.05, 4.69) is 15.3 Å². The van der Waals surface area contributed by atoms with Crippen LogP contribution in [0.2, 0.25) is 0 Å². The number of aromatic amines is 1. The number of rotatable bonds is 4. The molecule has 0 unspecified atom stereocenters. The molecule has 130 valence electrons. The van der Waals surface area contributed by atoms with E-state index >= 15 is 0 Å². The highest BCUT2D eigenvalue weighted by Gasteiger charge is 2.13. The molecule has 0 saturated carbocycles. The van der Waals surface area contributed by atoms with Crippen molar-refractivity contribution in [2.45, 2.75) is 0 Å². The summed E-state index contributed by atoms with van der Waals surface area (Å²) in [6.45, 7) is 0. The third-order valence-corrected chi connectivity index (χ3v) is 4.22. The molecular weight excluding hydrogens is 330 g/mol. The van der Waals surface area contributed by atoms with Gasteiger partial charge in [-0.05, 0) is 24.3 Å². The number of nitrogens with zero attached hydrogens (tertiary/aromatic N) is 1. The Kier molecular flexibility index (Phi) is 3.93. The molecule has 0 aliphatic rings. The number of benzene rings is 2. The number of amides is 1. The number of ether oxygens (including phenoxy) is 2. The van der Waals surface area contributed by atoms with E-state index in [0.29, 0.717) is 22.9 Å². The Labute approximate surface area is 149 Å². The molecular formula is C20H17N3O3. The SMILES string of the molecule is COc1cc2cc(C(=O)Nc3cnc4ccccc4c3)[nH]c2cc1OC. The smallest absolute Gasteiger partial charge is 0.272 e. The summed E-state index contributed by atoms with van der Waals surface area (Å²) in [7, 11) is 3.16. The van der Waals surface area contributed by atoms with Crippen molar-refractivity contribution < 1.29 is 14.3 Å². The van der Waals surface area contributed by atoms with E-state index in [9.17, 15) is 4.79 Å². The lowest BCUT2D eigenvalue weighted by Crippen LogP contribution is -2.12. The number of hydrogen-bond donors (Lipinski definition) is 2. The van der Waals surface area contributed by atoms with Crippen LogP contribution >= 0.6 is 0 Å². The van der Waals surface area contributed by atoms with Crippen molar-refractivity contribution in [1.29, 1.82) is 0 Å². The second kappa shape index (κ2) is 6.40. The van der Waals surface area contributed by atoms with Crippen LogP contribution in [0.15, 0.2) is 54.7 Å². The highest BCUT2D eigenvalue weighted by atomic mass is 16.5. The van der Waals surface area contributed by atoms with Crippen LogP contribution in [-0.2, 0) is 0 Å². The number of anilines is 1. The minimum atomic E-state index is -0.240. The van der Waals surface area contributed by atoms with Crippen molar-refractivity contribution >= 4 is 33.4 Å². The number of nitrogens with one attached hydrogen (secondary N) is 2. The van der Waals surface area contributed by atoms with Crippen molar-refractivity contribution in [1.82, 2.24) is 9.97 Å². The van der Waals surface area contributed by atoms with Gasteiger partial charge in [-0.15, -0.1) is 0 Å². The van der Waals surface area contributed by atoms with E-state index in [0.717, 1.165) is 21.8 Å². The molecule has 0 aliphatic heterocycles. The molecule has 0 radical (unpaired) electrons. The summed E-state index contributed by atoms with van der Waals surface area (Å²) >= 11 is 0. The Morgan fingerprint density at radius 1 is 1.00 bits per heavy atom. The van der Waals surface area contributed by atoms with E-state index in [1.807, 2.05) is 42.5 Å². The minimum Gasteiger partial charge on any atom is -0.493 e. The van der Waals surface area contributed by atoms with Gasteiger partial charge in [0, 0.05) is 22.4 Å². The first kappa shape index (κ1) is 16.0. The van der Waals surface area contributed by atoms with E-state index in [-0.39, 0.29) is 5.91 Å². The third-order valence-electron chi connectivity index (χ3n) is 4.22. The van der Waals surface area contributed by atoms with Crippen molar-refractivity contribution in [2.75, 3.05) is 19.5 Å². The molecule has 6 nitrogen and oxygen atoms in total. The maximum Gasteiger partial charge on any atom is 0.272 e. The second-order valence-corrected chi connectivity index (χ2v) is 5.85. The summed E-state index contributed by atoms with van der Waals surface area (Å²) in [6, 6.07) is 15.1. The molecule has 0 atom stereocenters. The van der Waals surface area contributed by atoms with Crippen molar-refractivity contribution in [3.8, 4) is 11.5 Å². The molecule has 0 spiro atoms. The lowest BCUT2D eigenvalue weighted by molar-refractivity contribution is 0.102. The van der Waals surface area contributed by atoms with E-state index in [1.54, 1.807) is 26.5 Å². The lowest BCUT2D eigenvalue weighted by Gasteiger charge is -2.06. The van der Waals surface area contributed by atoms with Crippen molar-refractivity contribution in [2.24, 2.45) is 0 Å². The Morgan fingerprint density at radius 2 is 1.77 bits per heavy atom. The van der Waals surface area contributed by atoms with Gasteiger partial charge in [0.1, 0.15) is 5.69 Å². The molecule has 2 aromatic carbocycles. The minimum absolute atomic E-state index is 0.240. The number of hydrogen-bond acceptors (Lipinski definition) is 4. The zero-order valence-electron chi connectivity index (χ0n) is 14.4. The summed E-state index contributed by atoms with van der Waals surface area (Å²) in [5, 5.41) is 4.71. The fourth-order valence-corrected chi connectivity index (χ4v) is 2.92. The number of methoxy groups -OCH3 is 2. The molecule has 2 N–H and O–H groups in total. The molecule has 0 fully saturated rings. The molecule has 1 amide bonds. The van der Waals surface area contributed by atoms with Gasteiger partial charge in [0.25, 0.3) is 5.91 Å². The number of carbonyl (C=O) groups excluding carboxylic acids is 1. The van der Waals surface area contributed by atoms with E-state index in [4.69, 9.17) is 9.47 Å². The highest BCUT2D eigenvalue weighted by molar-refractivity contribution is 6.06. The molecule has 6 heteroatoms. The number of fused-ring (bicyclic) bond motifs is 2. The molecule has 2 heterocycles. The molecule has 0 bridgehead atoms. The number of carbonyl (C=O) groups is 1. The van der Waals surface area contributed by atoms with E-state index < -0.39 is 0 Å². The Hall–Kier alpha value is -3.54. The number of pyridine rings is 1. The van der Waals surface area contributed by atoms with Crippen LogP contribution < -0.4 is 14.8 Å². The fraction of sp³-hybridized carbons (Fsp3) is 0.100. The van der Waals surface area contributed by atoms with Crippen LogP contribution in [0, 0.1) is 0 Å². The summed E-state index contributed by atoms with van der Waals surface area (Å²) in [5.74, 6) is 0.980. The number of H-pyrrole nitrogens is 1. The predicted molar refractivity (Wildman–Crippen MR) is 101 cm³/mol. The zero-order chi connectivity index (χ0) is 18.1. The average molecular weight is 347 g/mol. The largest absolute Gasteiger partial charge is 0.493 e. The first-order chi connectivity index (χ1) is 12.7. The molecule has 4 rings (SSSR count). The van der Waals surface area contributed by atoms with Crippen LogP contribution in [-0.4, -0.2) is 30.1 Å². The standard InChI is InChI=1S/C20H17N3O3/c1-25-18-9-13-8-17(23-16(13)10-19(18)26-2)20(24)22-14-7-12-5-3-4-6-15(12)21-11-14/h3-11,23H,1-2H3,(H,22,24). The average Bonchev–Trinajstić information content (AvgIpc) is 3.09. The van der Waals surface area contributed by atoms with Crippen molar-refractivity contribution in [3.05, 3.63) is 60.4 Å². The van der Waals surface area contributed by atoms with Gasteiger partial charge >= 0.3 is 0 Å². The van der Waals surface area contributed by atoms with Gasteiger partial charge in [-0.1, -0.05) is 18.2 Å². The third kappa shape index (κ3) is 2.82. The molecule has 4 aromatic rings. The van der Waals surface area contributed by atoms with Crippen LogP contribution in [0.3, 0.4) is 0 Å². The zero-order valence-corrected chi connectivity index (χ0v) is 14.4. The highest BCUT2D eigenvalue weighted by Crippen LogP contribution is 2.32. The molecule has 2 aromatic heterocycles. The molecule has 0 saturated heterocycles. The van der Waals surface area contributed by atoms with Crippen LogP contribution in [0.4, 0.5) is 5.69 Å². The van der Waals surface area contributed by atoms with Crippen LogP contribution in [0.1, 0.15) is 10.5 Å². The first-order valence-electron chi connectivity index (χ1n) is 8.09. The maximum absolute atomic E-state index is 12.6. The van der Waals surface area contributed by atoms with Crippen LogP contribution in [0.5, 0.6) is 11.5 Å². The van der Waals surface area contributed by atoms with Crippen LogP contribution in [0.25, 0.3) is 21.8 Å². The summed E-state index contributed by atoms with van der Waals surface area (Å²) in [5.41, 5.74) is 2.77. The van der Waals surface area contributed by atoms with Gasteiger partial charge in [0.05, 0.1) is 31.6 Å². The van der Waals surface area contributed by atoms with E-state index in [1.165, 1.54) is 0 Å². The lowest BCUT2D eigenvalue weighted by atomic mass is 10.2.